The first-order valence-corrected chi connectivity index (χ1v) is 31.2. The summed E-state index contributed by atoms with van der Waals surface area (Å²) in [6.07, 6.45) is 59.4. The molecule has 0 amide bonds. The Morgan fingerprint density at radius 3 is 1.23 bits per heavy atom. The summed E-state index contributed by atoms with van der Waals surface area (Å²) in [4.78, 5) is 51.3. The monoisotopic (exact) mass is 1110 g/mol. The van der Waals surface area contributed by atoms with E-state index >= 15 is 0 Å². The van der Waals surface area contributed by atoms with E-state index in [0.29, 0.717) is 19.3 Å². The van der Waals surface area contributed by atoms with Crippen LogP contribution in [-0.4, -0.2) is 89.2 Å². The number of esters is 3. The maximum absolute atomic E-state index is 13.2. The van der Waals surface area contributed by atoms with Crippen molar-refractivity contribution in [3.63, 3.8) is 0 Å². The molecule has 450 valence electrons. The highest BCUT2D eigenvalue weighted by Crippen LogP contribution is 2.26. The summed E-state index contributed by atoms with van der Waals surface area (Å²) in [7, 11) is 0. The van der Waals surface area contributed by atoms with Crippen LogP contribution in [0.15, 0.2) is 97.2 Å². The number of aliphatic hydroxyl groups is 2. The Morgan fingerprint density at radius 1 is 0.430 bits per heavy atom. The first-order valence-electron chi connectivity index (χ1n) is 31.2. The second kappa shape index (κ2) is 54.2. The maximum atomic E-state index is 13.2. The van der Waals surface area contributed by atoms with E-state index in [1.165, 1.54) is 64.2 Å². The number of allylic oxidation sites excluding steroid dienone is 16. The van der Waals surface area contributed by atoms with Gasteiger partial charge in [0.1, 0.15) is 18.8 Å². The maximum Gasteiger partial charge on any atom is 0.335 e. The number of carbonyl (C=O) groups is 4. The largest absolute Gasteiger partial charge is 0.479 e. The van der Waals surface area contributed by atoms with E-state index in [4.69, 9.17) is 23.7 Å². The second-order valence-electron chi connectivity index (χ2n) is 20.9. The average Bonchev–Trinajstić information content (AvgIpc) is 3.43. The summed E-state index contributed by atoms with van der Waals surface area (Å²) in [5.41, 5.74) is 0. The van der Waals surface area contributed by atoms with Gasteiger partial charge in [0.2, 0.25) is 0 Å². The molecule has 0 bridgehead atoms. The lowest BCUT2D eigenvalue weighted by Crippen LogP contribution is -2.61. The standard InChI is InChI=1S/C67H110O12/c1-4-7-10-13-16-19-22-25-28-30-33-35-38-41-44-47-50-53-59(68)75-56-58(77-60(69)54-51-48-45-42-39-36-32-27-24-21-18-15-12-9-6-3)57-76-67-65(63(72)62(71)64(79-67)66(73)74)78-61(70)55-52-49-46-43-40-37-34-31-29-26-23-20-17-14-11-8-5-2/h8-9,11-12,17-18,20-21,25-29,32,34,37,58,62-65,67,71-72H,4-7,10,13-16,19,22-24,30-31,33,35-36,38-57H2,1-3H3,(H,73,74)/b11-8-,12-9-,20-17-,21-18-,28-25-,29-26-,32-27-,37-34-. The molecule has 1 saturated heterocycles. The number of rotatable bonds is 52. The first kappa shape index (κ1) is 72.7. The Labute approximate surface area is 479 Å². The molecule has 0 saturated carbocycles. The number of carbonyl (C=O) groups excluding carboxylic acids is 3. The number of carboxylic acid groups (broad SMARTS) is 1. The van der Waals surface area contributed by atoms with E-state index in [-0.39, 0.29) is 25.9 Å². The van der Waals surface area contributed by atoms with Gasteiger partial charge in [-0.2, -0.15) is 0 Å². The zero-order valence-electron chi connectivity index (χ0n) is 49.6. The number of carboxylic acids is 1. The van der Waals surface area contributed by atoms with Gasteiger partial charge >= 0.3 is 23.9 Å². The molecule has 1 aliphatic rings. The van der Waals surface area contributed by atoms with Crippen molar-refractivity contribution in [2.75, 3.05) is 13.2 Å². The van der Waals surface area contributed by atoms with Crippen LogP contribution < -0.4 is 0 Å². The highest BCUT2D eigenvalue weighted by Gasteiger charge is 2.50. The third-order valence-electron chi connectivity index (χ3n) is 13.6. The van der Waals surface area contributed by atoms with Gasteiger partial charge in [0.15, 0.2) is 24.6 Å². The van der Waals surface area contributed by atoms with Crippen LogP contribution in [0.4, 0.5) is 0 Å². The fourth-order valence-corrected chi connectivity index (χ4v) is 8.90. The van der Waals surface area contributed by atoms with Crippen LogP contribution in [0.1, 0.15) is 252 Å². The van der Waals surface area contributed by atoms with Crippen molar-refractivity contribution < 1.29 is 58.2 Å². The predicted octanol–water partition coefficient (Wildman–Crippen LogP) is 16.5. The number of ether oxygens (including phenoxy) is 5. The highest BCUT2D eigenvalue weighted by molar-refractivity contribution is 5.74. The molecule has 0 aromatic carbocycles. The van der Waals surface area contributed by atoms with Crippen molar-refractivity contribution in [3.05, 3.63) is 97.2 Å². The summed E-state index contributed by atoms with van der Waals surface area (Å²) in [6, 6.07) is 0. The fraction of sp³-hybridized carbons (Fsp3) is 0.701. The summed E-state index contributed by atoms with van der Waals surface area (Å²) >= 11 is 0. The van der Waals surface area contributed by atoms with Crippen LogP contribution in [0.5, 0.6) is 0 Å². The van der Waals surface area contributed by atoms with Gasteiger partial charge in [-0.05, 0) is 116 Å². The summed E-state index contributed by atoms with van der Waals surface area (Å²) in [5.74, 6) is -3.18. The Kier molecular flexibility index (Phi) is 49.9. The zero-order valence-corrected chi connectivity index (χ0v) is 49.6. The van der Waals surface area contributed by atoms with Crippen molar-refractivity contribution >= 4 is 23.9 Å². The van der Waals surface area contributed by atoms with Crippen molar-refractivity contribution in [2.45, 2.75) is 289 Å². The molecule has 6 atom stereocenters. The number of aliphatic hydroxyl groups excluding tert-OH is 2. The lowest BCUT2D eigenvalue weighted by atomic mass is 9.98. The van der Waals surface area contributed by atoms with Gasteiger partial charge < -0.3 is 39.0 Å². The normalized spacial score (nSPS) is 18.5. The number of aliphatic carboxylic acids is 1. The number of unbranched alkanes of at least 4 members (excludes halogenated alkanes) is 22. The molecule has 3 N–H and O–H groups in total. The molecule has 6 unspecified atom stereocenters. The van der Waals surface area contributed by atoms with E-state index in [1.807, 2.05) is 0 Å². The Morgan fingerprint density at radius 2 is 0.797 bits per heavy atom. The average molecular weight is 1110 g/mol. The molecular weight excluding hydrogens is 997 g/mol. The molecule has 0 radical (unpaired) electrons. The lowest BCUT2D eigenvalue weighted by molar-refractivity contribution is -0.301. The Balaban J connectivity index is 2.70. The van der Waals surface area contributed by atoms with Crippen LogP contribution in [-0.2, 0) is 42.9 Å². The number of hydrogen-bond acceptors (Lipinski definition) is 11. The predicted molar refractivity (Wildman–Crippen MR) is 321 cm³/mol. The third kappa shape index (κ3) is 44.0. The fourth-order valence-electron chi connectivity index (χ4n) is 8.90. The Hall–Kier alpha value is -4.36. The SMILES string of the molecule is CC/C=C\C/C=C\C/C=C\C/C=C\CCCCCCC(=O)OC1C(OCC(COC(=O)CCCCCCCCC/C=C\CCCCCCCC)OC(=O)CCCCCCC/C=C\C/C=C\C/C=C\CC)OC(C(=O)O)C(O)C1O. The van der Waals surface area contributed by atoms with Gasteiger partial charge in [-0.1, -0.05) is 214 Å². The van der Waals surface area contributed by atoms with E-state index in [0.717, 1.165) is 128 Å². The Bertz CT molecular complexity index is 1740. The van der Waals surface area contributed by atoms with E-state index in [2.05, 4.69) is 118 Å². The van der Waals surface area contributed by atoms with Gasteiger partial charge in [0, 0.05) is 19.3 Å². The van der Waals surface area contributed by atoms with Gasteiger partial charge in [0.05, 0.1) is 6.61 Å². The van der Waals surface area contributed by atoms with Gasteiger partial charge in [-0.15, -0.1) is 0 Å². The van der Waals surface area contributed by atoms with Crippen molar-refractivity contribution in [2.24, 2.45) is 0 Å². The second-order valence-corrected chi connectivity index (χ2v) is 20.9. The molecule has 1 heterocycles. The molecule has 0 aromatic rings. The molecule has 1 fully saturated rings. The third-order valence-corrected chi connectivity index (χ3v) is 13.6. The smallest absolute Gasteiger partial charge is 0.335 e. The molecular formula is C67H110O12. The van der Waals surface area contributed by atoms with Crippen molar-refractivity contribution in [1.29, 1.82) is 0 Å². The van der Waals surface area contributed by atoms with Gasteiger partial charge in [-0.25, -0.2) is 4.79 Å². The van der Waals surface area contributed by atoms with E-state index in [1.54, 1.807) is 0 Å². The van der Waals surface area contributed by atoms with E-state index in [9.17, 15) is 34.5 Å². The minimum Gasteiger partial charge on any atom is -0.479 e. The van der Waals surface area contributed by atoms with Crippen LogP contribution in [0.25, 0.3) is 0 Å². The lowest BCUT2D eigenvalue weighted by Gasteiger charge is -2.40. The minimum absolute atomic E-state index is 0.0261. The molecule has 79 heavy (non-hydrogen) atoms. The zero-order chi connectivity index (χ0) is 57.5. The highest BCUT2D eigenvalue weighted by atomic mass is 16.7. The minimum atomic E-state index is -1.92. The van der Waals surface area contributed by atoms with Crippen LogP contribution in [0.3, 0.4) is 0 Å². The van der Waals surface area contributed by atoms with Crippen LogP contribution in [0, 0.1) is 0 Å². The summed E-state index contributed by atoms with van der Waals surface area (Å²) < 4.78 is 28.5. The number of hydrogen-bond donors (Lipinski definition) is 3. The first-order chi connectivity index (χ1) is 38.6. The molecule has 0 spiro atoms. The van der Waals surface area contributed by atoms with E-state index < -0.39 is 67.3 Å². The molecule has 12 heteroatoms. The van der Waals surface area contributed by atoms with Crippen LogP contribution in [0.2, 0.25) is 0 Å². The van der Waals surface area contributed by atoms with Crippen molar-refractivity contribution in [3.8, 4) is 0 Å². The van der Waals surface area contributed by atoms with Crippen LogP contribution >= 0.6 is 0 Å². The molecule has 12 nitrogen and oxygen atoms in total. The molecule has 1 rings (SSSR count). The quantitative estimate of drug-likeness (QED) is 0.0228. The summed E-state index contributed by atoms with van der Waals surface area (Å²) in [6.45, 7) is 5.75. The topological polar surface area (TPSA) is 175 Å². The molecule has 1 aliphatic heterocycles. The molecule has 0 aliphatic carbocycles. The van der Waals surface area contributed by atoms with Gasteiger partial charge in [0.25, 0.3) is 0 Å². The molecule has 0 aromatic heterocycles. The summed E-state index contributed by atoms with van der Waals surface area (Å²) in [5, 5.41) is 31.5. The van der Waals surface area contributed by atoms with Gasteiger partial charge in [-0.3, -0.25) is 14.4 Å². The van der Waals surface area contributed by atoms with Crippen molar-refractivity contribution in [1.82, 2.24) is 0 Å².